The third-order valence-corrected chi connectivity index (χ3v) is 2.44. The van der Waals surface area contributed by atoms with Crippen LogP contribution in [0.1, 0.15) is 6.92 Å². The molecule has 0 unspecified atom stereocenters. The Balaban J connectivity index is 2.36. The molecule has 0 saturated heterocycles. The van der Waals surface area contributed by atoms with Crippen molar-refractivity contribution in [3.8, 4) is 17.0 Å². The second kappa shape index (κ2) is 5.44. The highest BCUT2D eigenvalue weighted by atomic mass is 19.1. The van der Waals surface area contributed by atoms with Gasteiger partial charge in [0.15, 0.2) is 11.6 Å². The zero-order chi connectivity index (χ0) is 13.0. The summed E-state index contributed by atoms with van der Waals surface area (Å²) in [5.41, 5.74) is 1.29. The average molecular weight is 247 g/mol. The van der Waals surface area contributed by atoms with Crippen molar-refractivity contribution in [2.75, 3.05) is 19.0 Å². The quantitative estimate of drug-likeness (QED) is 0.902. The summed E-state index contributed by atoms with van der Waals surface area (Å²) in [5, 5.41) is 3.06. The van der Waals surface area contributed by atoms with Gasteiger partial charge in [0.2, 0.25) is 0 Å². The highest BCUT2D eigenvalue weighted by Gasteiger charge is 2.07. The first-order valence-corrected chi connectivity index (χ1v) is 5.64. The Labute approximate surface area is 105 Å². The Morgan fingerprint density at radius 3 is 2.83 bits per heavy atom. The molecular formula is C13H14FN3O. The fourth-order valence-electron chi connectivity index (χ4n) is 1.60. The lowest BCUT2D eigenvalue weighted by Crippen LogP contribution is -2.00. The van der Waals surface area contributed by atoms with E-state index in [1.807, 2.05) is 6.92 Å². The van der Waals surface area contributed by atoms with Gasteiger partial charge in [0.1, 0.15) is 5.82 Å². The third kappa shape index (κ3) is 2.56. The summed E-state index contributed by atoms with van der Waals surface area (Å²) in [6.07, 6.45) is 3.23. The molecule has 5 heteroatoms. The summed E-state index contributed by atoms with van der Waals surface area (Å²) in [6, 6.07) is 4.71. The maximum absolute atomic E-state index is 13.6. The van der Waals surface area contributed by atoms with E-state index in [0.29, 0.717) is 17.1 Å². The molecule has 0 amide bonds. The maximum atomic E-state index is 13.6. The van der Waals surface area contributed by atoms with Crippen molar-refractivity contribution in [1.82, 2.24) is 9.97 Å². The highest BCUT2D eigenvalue weighted by molar-refractivity contribution is 5.61. The van der Waals surface area contributed by atoms with Gasteiger partial charge in [-0.05, 0) is 25.1 Å². The number of anilines is 1. The first kappa shape index (κ1) is 12.3. The fraction of sp³-hybridized carbons (Fsp3) is 0.231. The normalized spacial score (nSPS) is 10.2. The van der Waals surface area contributed by atoms with Gasteiger partial charge >= 0.3 is 0 Å². The molecule has 0 atom stereocenters. The van der Waals surface area contributed by atoms with Gasteiger partial charge in [-0.3, -0.25) is 4.98 Å². The SMILES string of the molecule is CCNc1cncc(-c2ccc(OC)c(F)c2)n1. The lowest BCUT2D eigenvalue weighted by atomic mass is 10.1. The highest BCUT2D eigenvalue weighted by Crippen LogP contribution is 2.24. The molecule has 94 valence electrons. The number of hydrogen-bond acceptors (Lipinski definition) is 4. The number of nitrogens with one attached hydrogen (secondary N) is 1. The summed E-state index contributed by atoms with van der Waals surface area (Å²) >= 11 is 0. The van der Waals surface area contributed by atoms with Crippen molar-refractivity contribution >= 4 is 5.82 Å². The van der Waals surface area contributed by atoms with Gasteiger partial charge in [0, 0.05) is 12.1 Å². The van der Waals surface area contributed by atoms with Gasteiger partial charge in [0.25, 0.3) is 0 Å². The largest absolute Gasteiger partial charge is 0.494 e. The molecule has 0 fully saturated rings. The smallest absolute Gasteiger partial charge is 0.165 e. The van der Waals surface area contributed by atoms with Gasteiger partial charge in [-0.2, -0.15) is 0 Å². The number of hydrogen-bond donors (Lipinski definition) is 1. The molecule has 1 N–H and O–H groups in total. The van der Waals surface area contributed by atoms with E-state index >= 15 is 0 Å². The van der Waals surface area contributed by atoms with Crippen LogP contribution < -0.4 is 10.1 Å². The molecule has 2 aromatic rings. The number of methoxy groups -OCH3 is 1. The van der Waals surface area contributed by atoms with Crippen molar-refractivity contribution in [3.63, 3.8) is 0 Å². The van der Waals surface area contributed by atoms with Crippen molar-refractivity contribution in [2.24, 2.45) is 0 Å². The molecule has 4 nitrogen and oxygen atoms in total. The van der Waals surface area contributed by atoms with E-state index in [-0.39, 0.29) is 5.75 Å². The van der Waals surface area contributed by atoms with Crippen molar-refractivity contribution in [1.29, 1.82) is 0 Å². The first-order valence-electron chi connectivity index (χ1n) is 5.64. The Hall–Kier alpha value is -2.17. The van der Waals surface area contributed by atoms with Crippen LogP contribution in [-0.2, 0) is 0 Å². The second-order valence-electron chi connectivity index (χ2n) is 3.67. The zero-order valence-corrected chi connectivity index (χ0v) is 10.3. The van der Waals surface area contributed by atoms with E-state index in [1.165, 1.54) is 13.2 Å². The van der Waals surface area contributed by atoms with Crippen LogP contribution in [0.3, 0.4) is 0 Å². The van der Waals surface area contributed by atoms with Crippen molar-refractivity contribution in [2.45, 2.75) is 6.92 Å². The summed E-state index contributed by atoms with van der Waals surface area (Å²) < 4.78 is 18.5. The van der Waals surface area contributed by atoms with Crippen LogP contribution in [0.25, 0.3) is 11.3 Å². The van der Waals surface area contributed by atoms with Crippen LogP contribution in [0.5, 0.6) is 5.75 Å². The van der Waals surface area contributed by atoms with E-state index in [9.17, 15) is 4.39 Å². The van der Waals surface area contributed by atoms with E-state index in [4.69, 9.17) is 4.74 Å². The van der Waals surface area contributed by atoms with Gasteiger partial charge in [-0.1, -0.05) is 0 Å². The first-order chi connectivity index (χ1) is 8.74. The topological polar surface area (TPSA) is 47.0 Å². The standard InChI is InChI=1S/C13H14FN3O/c1-3-16-13-8-15-7-11(17-13)9-4-5-12(18-2)10(14)6-9/h4-8H,3H2,1-2H3,(H,16,17). The van der Waals surface area contributed by atoms with Crippen molar-refractivity contribution < 1.29 is 9.13 Å². The molecule has 2 rings (SSSR count). The van der Waals surface area contributed by atoms with Crippen LogP contribution in [0.15, 0.2) is 30.6 Å². The lowest BCUT2D eigenvalue weighted by molar-refractivity contribution is 0.386. The van der Waals surface area contributed by atoms with Crippen LogP contribution in [-0.4, -0.2) is 23.6 Å². The van der Waals surface area contributed by atoms with Crippen LogP contribution in [0, 0.1) is 5.82 Å². The number of ether oxygens (including phenoxy) is 1. The molecule has 0 aliphatic rings. The molecule has 0 radical (unpaired) electrons. The Kier molecular flexibility index (Phi) is 3.72. The van der Waals surface area contributed by atoms with Crippen molar-refractivity contribution in [3.05, 3.63) is 36.4 Å². The third-order valence-electron chi connectivity index (χ3n) is 2.44. The van der Waals surface area contributed by atoms with Crippen LogP contribution >= 0.6 is 0 Å². The predicted molar refractivity (Wildman–Crippen MR) is 68.1 cm³/mol. The molecule has 0 aliphatic heterocycles. The Morgan fingerprint density at radius 1 is 1.33 bits per heavy atom. The number of halogens is 1. The Bertz CT molecular complexity index is 546. The molecule has 0 saturated carbocycles. The van der Waals surface area contributed by atoms with E-state index in [1.54, 1.807) is 24.5 Å². The van der Waals surface area contributed by atoms with Gasteiger partial charge in [0.05, 0.1) is 25.2 Å². The maximum Gasteiger partial charge on any atom is 0.165 e. The fourth-order valence-corrected chi connectivity index (χ4v) is 1.60. The van der Waals surface area contributed by atoms with Gasteiger partial charge < -0.3 is 10.1 Å². The zero-order valence-electron chi connectivity index (χ0n) is 10.3. The van der Waals surface area contributed by atoms with E-state index < -0.39 is 5.82 Å². The summed E-state index contributed by atoms with van der Waals surface area (Å²) in [4.78, 5) is 8.42. The van der Waals surface area contributed by atoms with Gasteiger partial charge in [-0.25, -0.2) is 9.37 Å². The molecule has 18 heavy (non-hydrogen) atoms. The minimum Gasteiger partial charge on any atom is -0.494 e. The minimum atomic E-state index is -0.411. The van der Waals surface area contributed by atoms with Crippen LogP contribution in [0.4, 0.5) is 10.2 Å². The number of aromatic nitrogens is 2. The lowest BCUT2D eigenvalue weighted by Gasteiger charge is -2.06. The van der Waals surface area contributed by atoms with E-state index in [0.717, 1.165) is 6.54 Å². The molecule has 1 heterocycles. The van der Waals surface area contributed by atoms with Gasteiger partial charge in [-0.15, -0.1) is 0 Å². The number of benzene rings is 1. The minimum absolute atomic E-state index is 0.217. The van der Waals surface area contributed by atoms with E-state index in [2.05, 4.69) is 15.3 Å². The Morgan fingerprint density at radius 2 is 2.17 bits per heavy atom. The summed E-state index contributed by atoms with van der Waals surface area (Å²) in [5.74, 6) is 0.478. The molecule has 0 aliphatic carbocycles. The molecule has 0 bridgehead atoms. The molecule has 0 spiro atoms. The number of rotatable bonds is 4. The number of nitrogens with zero attached hydrogens (tertiary/aromatic N) is 2. The average Bonchev–Trinajstić information content (AvgIpc) is 2.39. The predicted octanol–water partition coefficient (Wildman–Crippen LogP) is 2.72. The monoisotopic (exact) mass is 247 g/mol. The molecule has 1 aromatic carbocycles. The van der Waals surface area contributed by atoms with Crippen LogP contribution in [0.2, 0.25) is 0 Å². The molecular weight excluding hydrogens is 233 g/mol. The molecule has 1 aromatic heterocycles. The summed E-state index contributed by atoms with van der Waals surface area (Å²) in [6.45, 7) is 2.73. The summed E-state index contributed by atoms with van der Waals surface area (Å²) in [7, 11) is 1.43. The second-order valence-corrected chi connectivity index (χ2v) is 3.67.